The van der Waals surface area contributed by atoms with Crippen molar-refractivity contribution >= 4 is 44.7 Å². The molecule has 0 bridgehead atoms. The molecule has 8 heteroatoms. The Balaban J connectivity index is 1.52. The number of aromatic nitrogens is 3. The van der Waals surface area contributed by atoms with Crippen molar-refractivity contribution in [2.75, 3.05) is 31.6 Å². The predicted molar refractivity (Wildman–Crippen MR) is 128 cm³/mol. The summed E-state index contributed by atoms with van der Waals surface area (Å²) in [6.07, 6.45) is 9.38. The normalized spacial score (nSPS) is 18.7. The molecule has 0 saturated carbocycles. The van der Waals surface area contributed by atoms with E-state index < -0.39 is 0 Å². The first-order chi connectivity index (χ1) is 15.6. The Hall–Kier alpha value is -2.97. The summed E-state index contributed by atoms with van der Waals surface area (Å²) in [5.41, 5.74) is 3.30. The van der Waals surface area contributed by atoms with E-state index in [9.17, 15) is 4.79 Å². The van der Waals surface area contributed by atoms with Gasteiger partial charge in [0.2, 0.25) is 5.91 Å². The molecule has 2 aliphatic heterocycles. The van der Waals surface area contributed by atoms with Crippen molar-refractivity contribution in [2.45, 2.75) is 26.3 Å². The standard InChI is InChI=1S/C24H27N5O2S/c1-3-22(30)28-8-4-18(5-9-28)23-19-6-10-29(14-17-7-11-31-15-17)20(19)12-21(26-23)27-24-25-13-16(2)32-24/h3-4,6,10,12-13,17H,1,5,7-9,11,14-15H2,2H3,(H,25,26,27). The predicted octanol–water partition coefficient (Wildman–Crippen LogP) is 4.38. The van der Waals surface area contributed by atoms with Crippen molar-refractivity contribution in [3.63, 3.8) is 0 Å². The zero-order valence-corrected chi connectivity index (χ0v) is 19.0. The van der Waals surface area contributed by atoms with Gasteiger partial charge in [0.15, 0.2) is 5.13 Å². The summed E-state index contributed by atoms with van der Waals surface area (Å²) in [4.78, 5) is 24.4. The van der Waals surface area contributed by atoms with Crippen LogP contribution in [0.4, 0.5) is 10.9 Å². The lowest BCUT2D eigenvalue weighted by Gasteiger charge is -2.25. The molecule has 1 unspecified atom stereocenters. The summed E-state index contributed by atoms with van der Waals surface area (Å²) in [7, 11) is 0. The average Bonchev–Trinajstić information content (AvgIpc) is 3.56. The van der Waals surface area contributed by atoms with Crippen molar-refractivity contribution < 1.29 is 9.53 Å². The van der Waals surface area contributed by atoms with Gasteiger partial charge in [-0.3, -0.25) is 4.79 Å². The quantitative estimate of drug-likeness (QED) is 0.566. The number of hydrogen-bond donors (Lipinski definition) is 1. The van der Waals surface area contributed by atoms with Gasteiger partial charge in [-0.2, -0.15) is 0 Å². The van der Waals surface area contributed by atoms with E-state index >= 15 is 0 Å². The number of carbonyl (C=O) groups is 1. The molecular weight excluding hydrogens is 422 g/mol. The molecule has 1 saturated heterocycles. The van der Waals surface area contributed by atoms with Crippen LogP contribution in [0, 0.1) is 12.8 Å². The van der Waals surface area contributed by atoms with E-state index in [-0.39, 0.29) is 5.91 Å². The summed E-state index contributed by atoms with van der Waals surface area (Å²) in [6, 6.07) is 4.27. The molecule has 5 rings (SSSR count). The Morgan fingerprint density at radius 2 is 2.38 bits per heavy atom. The molecule has 0 aromatic carbocycles. The van der Waals surface area contributed by atoms with Gasteiger partial charge in [-0.25, -0.2) is 9.97 Å². The third-order valence-corrected chi connectivity index (χ3v) is 6.93. The first-order valence-electron chi connectivity index (χ1n) is 11.0. The van der Waals surface area contributed by atoms with Crippen molar-refractivity contribution in [1.82, 2.24) is 19.4 Å². The Morgan fingerprint density at radius 3 is 3.06 bits per heavy atom. The van der Waals surface area contributed by atoms with Gasteiger partial charge in [0.25, 0.3) is 0 Å². The molecule has 1 amide bonds. The molecular formula is C24H27N5O2S. The van der Waals surface area contributed by atoms with Crippen LogP contribution in [0.5, 0.6) is 0 Å². The van der Waals surface area contributed by atoms with Crippen molar-refractivity contribution in [3.8, 4) is 0 Å². The first kappa shape index (κ1) is 20.9. The van der Waals surface area contributed by atoms with Crippen LogP contribution in [0.25, 0.3) is 16.5 Å². The third-order valence-electron chi connectivity index (χ3n) is 6.10. The molecule has 0 spiro atoms. The fourth-order valence-electron chi connectivity index (χ4n) is 4.40. The minimum absolute atomic E-state index is 0.0297. The molecule has 32 heavy (non-hydrogen) atoms. The van der Waals surface area contributed by atoms with Crippen LogP contribution in [-0.2, 0) is 16.1 Å². The zero-order chi connectivity index (χ0) is 22.1. The van der Waals surface area contributed by atoms with Gasteiger partial charge in [-0.1, -0.05) is 12.7 Å². The largest absolute Gasteiger partial charge is 0.381 e. The maximum Gasteiger partial charge on any atom is 0.246 e. The Morgan fingerprint density at radius 1 is 1.47 bits per heavy atom. The number of aryl methyl sites for hydroxylation is 1. The molecule has 1 N–H and O–H groups in total. The highest BCUT2D eigenvalue weighted by Gasteiger charge is 2.22. The Bertz CT molecular complexity index is 1190. The van der Waals surface area contributed by atoms with Crippen molar-refractivity contribution in [2.24, 2.45) is 5.92 Å². The van der Waals surface area contributed by atoms with Gasteiger partial charge >= 0.3 is 0 Å². The molecule has 2 aliphatic rings. The maximum atomic E-state index is 12.0. The Labute approximate surface area is 191 Å². The van der Waals surface area contributed by atoms with Crippen LogP contribution in [0.3, 0.4) is 0 Å². The lowest BCUT2D eigenvalue weighted by Crippen LogP contribution is -2.33. The van der Waals surface area contributed by atoms with E-state index in [1.165, 1.54) is 11.6 Å². The molecule has 1 fully saturated rings. The van der Waals surface area contributed by atoms with Crippen LogP contribution < -0.4 is 5.32 Å². The van der Waals surface area contributed by atoms with Crippen molar-refractivity contribution in [3.05, 3.63) is 53.8 Å². The molecule has 1 atom stereocenters. The van der Waals surface area contributed by atoms with E-state index in [4.69, 9.17) is 9.72 Å². The second-order valence-electron chi connectivity index (χ2n) is 8.36. The summed E-state index contributed by atoms with van der Waals surface area (Å²) in [5.74, 6) is 1.29. The number of ether oxygens (including phenoxy) is 1. The van der Waals surface area contributed by atoms with E-state index in [2.05, 4.69) is 45.9 Å². The highest BCUT2D eigenvalue weighted by molar-refractivity contribution is 7.15. The van der Waals surface area contributed by atoms with Gasteiger partial charge in [-0.05, 0) is 37.5 Å². The number of nitrogens with zero attached hydrogens (tertiary/aromatic N) is 4. The number of fused-ring (bicyclic) bond motifs is 1. The number of pyridine rings is 1. The topological polar surface area (TPSA) is 72.3 Å². The smallest absolute Gasteiger partial charge is 0.246 e. The molecule has 166 valence electrons. The molecule has 7 nitrogen and oxygen atoms in total. The number of hydrogen-bond acceptors (Lipinski definition) is 6. The van der Waals surface area contributed by atoms with E-state index in [1.807, 2.05) is 13.1 Å². The molecule has 0 radical (unpaired) electrons. The van der Waals surface area contributed by atoms with E-state index in [0.29, 0.717) is 19.0 Å². The molecule has 3 aromatic heterocycles. The van der Waals surface area contributed by atoms with Crippen LogP contribution in [-0.4, -0.2) is 51.6 Å². The minimum atomic E-state index is -0.0297. The number of thiazole rings is 1. The highest BCUT2D eigenvalue weighted by atomic mass is 32.1. The summed E-state index contributed by atoms with van der Waals surface area (Å²) in [6.45, 7) is 9.49. The lowest BCUT2D eigenvalue weighted by atomic mass is 10.0. The number of anilines is 2. The van der Waals surface area contributed by atoms with E-state index in [1.54, 1.807) is 16.2 Å². The maximum absolute atomic E-state index is 12.0. The summed E-state index contributed by atoms with van der Waals surface area (Å²) < 4.78 is 7.90. The van der Waals surface area contributed by atoms with Crippen LogP contribution in [0.2, 0.25) is 0 Å². The number of nitrogens with one attached hydrogen (secondary N) is 1. The summed E-state index contributed by atoms with van der Waals surface area (Å²) in [5, 5.41) is 5.37. The minimum Gasteiger partial charge on any atom is -0.381 e. The van der Waals surface area contributed by atoms with Gasteiger partial charge in [0.1, 0.15) is 5.82 Å². The van der Waals surface area contributed by atoms with Crippen LogP contribution in [0.1, 0.15) is 23.4 Å². The lowest BCUT2D eigenvalue weighted by molar-refractivity contribution is -0.125. The summed E-state index contributed by atoms with van der Waals surface area (Å²) >= 11 is 1.61. The van der Waals surface area contributed by atoms with Crippen LogP contribution >= 0.6 is 11.3 Å². The van der Waals surface area contributed by atoms with Gasteiger partial charge in [0, 0.05) is 60.9 Å². The number of rotatable bonds is 6. The third kappa shape index (κ3) is 4.20. The fourth-order valence-corrected chi connectivity index (χ4v) is 5.07. The molecule has 0 aliphatic carbocycles. The van der Waals surface area contributed by atoms with Crippen LogP contribution in [0.15, 0.2) is 43.3 Å². The van der Waals surface area contributed by atoms with Gasteiger partial charge < -0.3 is 19.5 Å². The zero-order valence-electron chi connectivity index (χ0n) is 18.2. The van der Waals surface area contributed by atoms with Gasteiger partial charge in [0.05, 0.1) is 17.8 Å². The van der Waals surface area contributed by atoms with Gasteiger partial charge in [-0.15, -0.1) is 11.3 Å². The average molecular weight is 450 g/mol. The molecule has 5 heterocycles. The number of amides is 1. The van der Waals surface area contributed by atoms with Crippen molar-refractivity contribution in [1.29, 1.82) is 0 Å². The number of carbonyl (C=O) groups excluding carboxylic acids is 1. The SMILES string of the molecule is C=CC(=O)N1CC=C(c2nc(Nc3ncc(C)s3)cc3c2ccn3CC2CCOC2)CC1. The Kier molecular flexibility index (Phi) is 5.80. The monoisotopic (exact) mass is 449 g/mol. The van der Waals surface area contributed by atoms with E-state index in [0.717, 1.165) is 65.0 Å². The highest BCUT2D eigenvalue weighted by Crippen LogP contribution is 2.33. The second kappa shape index (κ2) is 8.88. The second-order valence-corrected chi connectivity index (χ2v) is 9.59. The molecule has 3 aromatic rings. The first-order valence-corrected chi connectivity index (χ1v) is 11.8. The fraction of sp³-hybridized carbons (Fsp3) is 0.375.